The highest BCUT2D eigenvalue weighted by Crippen LogP contribution is 2.23. The molecule has 0 aliphatic rings. The van der Waals surface area contributed by atoms with E-state index in [1.807, 2.05) is 89.7 Å². The predicted molar refractivity (Wildman–Crippen MR) is 129 cm³/mol. The minimum atomic E-state index is -0.128. The second-order valence-electron chi connectivity index (χ2n) is 7.65. The number of hydrogen-bond donors (Lipinski definition) is 2. The fraction of sp³-hybridized carbons (Fsp3) is 0.148. The van der Waals surface area contributed by atoms with Crippen molar-refractivity contribution in [3.05, 3.63) is 108 Å². The molecule has 4 aromatic rings. The average molecular weight is 439 g/mol. The molecular weight excluding hydrogens is 412 g/mol. The fourth-order valence-corrected chi connectivity index (χ4v) is 3.52. The van der Waals surface area contributed by atoms with Crippen LogP contribution in [0.1, 0.15) is 28.8 Å². The highest BCUT2D eigenvalue weighted by atomic mass is 16.2. The molecule has 0 atom stereocenters. The van der Waals surface area contributed by atoms with Gasteiger partial charge in [0.2, 0.25) is 5.91 Å². The molecule has 33 heavy (non-hydrogen) atoms. The molecule has 0 saturated heterocycles. The van der Waals surface area contributed by atoms with Gasteiger partial charge in [-0.2, -0.15) is 5.10 Å². The van der Waals surface area contributed by atoms with Crippen molar-refractivity contribution in [2.24, 2.45) is 0 Å². The number of carbonyl (C=O) groups is 2. The summed E-state index contributed by atoms with van der Waals surface area (Å²) in [4.78, 5) is 24.5. The molecule has 6 nitrogen and oxygen atoms in total. The van der Waals surface area contributed by atoms with Gasteiger partial charge in [-0.25, -0.2) is 4.68 Å². The molecule has 0 radical (unpaired) electrons. The lowest BCUT2D eigenvalue weighted by molar-refractivity contribution is -0.121. The minimum Gasteiger partial charge on any atom is -0.352 e. The number of hydrogen-bond acceptors (Lipinski definition) is 3. The molecule has 2 N–H and O–H groups in total. The maximum absolute atomic E-state index is 12.4. The van der Waals surface area contributed by atoms with Crippen LogP contribution in [0.5, 0.6) is 0 Å². The third-order valence-electron chi connectivity index (χ3n) is 5.24. The second kappa shape index (κ2) is 10.9. The molecule has 4 rings (SSSR count). The standard InChI is InChI=1S/C27H26N4O2/c32-25(17-10-18-28-27(33)22-13-6-2-7-14-22)29-19-23-20-31(24-15-8-3-9-16-24)30-26(23)21-11-4-1-5-12-21/h1-9,11-16,20H,10,17-19H2,(H,28,33)(H,29,32). The maximum atomic E-state index is 12.4. The van der Waals surface area contributed by atoms with Gasteiger partial charge >= 0.3 is 0 Å². The SMILES string of the molecule is O=C(CCCNC(=O)c1ccccc1)NCc1cn(-c2ccccc2)nc1-c1ccccc1. The van der Waals surface area contributed by atoms with Crippen molar-refractivity contribution in [1.82, 2.24) is 20.4 Å². The van der Waals surface area contributed by atoms with E-state index in [9.17, 15) is 9.59 Å². The lowest BCUT2D eigenvalue weighted by Crippen LogP contribution is -2.27. The number of benzene rings is 3. The van der Waals surface area contributed by atoms with Crippen LogP contribution in [0.25, 0.3) is 16.9 Å². The minimum absolute atomic E-state index is 0.0598. The Hall–Kier alpha value is -4.19. The van der Waals surface area contributed by atoms with Crippen LogP contribution in [0.4, 0.5) is 0 Å². The van der Waals surface area contributed by atoms with Crippen LogP contribution >= 0.6 is 0 Å². The van der Waals surface area contributed by atoms with Gasteiger partial charge in [-0.05, 0) is 30.7 Å². The molecule has 2 amide bonds. The highest BCUT2D eigenvalue weighted by molar-refractivity contribution is 5.94. The van der Waals surface area contributed by atoms with Crippen molar-refractivity contribution in [2.75, 3.05) is 6.54 Å². The summed E-state index contributed by atoms with van der Waals surface area (Å²) in [6, 6.07) is 28.9. The Morgan fingerprint density at radius 2 is 1.42 bits per heavy atom. The van der Waals surface area contributed by atoms with E-state index in [2.05, 4.69) is 10.6 Å². The van der Waals surface area contributed by atoms with Gasteiger partial charge in [0.15, 0.2) is 0 Å². The van der Waals surface area contributed by atoms with Crippen LogP contribution < -0.4 is 10.6 Å². The molecule has 1 aromatic heterocycles. The fourth-order valence-electron chi connectivity index (χ4n) is 3.52. The lowest BCUT2D eigenvalue weighted by atomic mass is 10.1. The van der Waals surface area contributed by atoms with E-state index in [1.165, 1.54) is 0 Å². The molecule has 166 valence electrons. The van der Waals surface area contributed by atoms with E-state index in [1.54, 1.807) is 12.1 Å². The van der Waals surface area contributed by atoms with Crippen LogP contribution in [0, 0.1) is 0 Å². The molecule has 0 fully saturated rings. The molecule has 0 saturated carbocycles. The summed E-state index contributed by atoms with van der Waals surface area (Å²) in [6.07, 6.45) is 2.86. The smallest absolute Gasteiger partial charge is 0.251 e. The molecule has 0 unspecified atom stereocenters. The van der Waals surface area contributed by atoms with E-state index in [4.69, 9.17) is 5.10 Å². The number of aromatic nitrogens is 2. The van der Waals surface area contributed by atoms with Crippen LogP contribution in [-0.4, -0.2) is 28.1 Å². The van der Waals surface area contributed by atoms with Crippen molar-refractivity contribution in [2.45, 2.75) is 19.4 Å². The molecule has 0 bridgehead atoms. The van der Waals surface area contributed by atoms with E-state index < -0.39 is 0 Å². The van der Waals surface area contributed by atoms with E-state index in [0.717, 1.165) is 22.5 Å². The normalized spacial score (nSPS) is 10.5. The summed E-state index contributed by atoms with van der Waals surface area (Å²) in [5, 5.41) is 10.6. The van der Waals surface area contributed by atoms with Crippen molar-refractivity contribution < 1.29 is 9.59 Å². The van der Waals surface area contributed by atoms with E-state index >= 15 is 0 Å². The third kappa shape index (κ3) is 5.95. The number of carbonyl (C=O) groups excluding carboxylic acids is 2. The summed E-state index contributed by atoms with van der Waals surface area (Å²) in [5.74, 6) is -0.188. The Bertz CT molecular complexity index is 1190. The summed E-state index contributed by atoms with van der Waals surface area (Å²) < 4.78 is 1.84. The van der Waals surface area contributed by atoms with Gasteiger partial charge in [0, 0.05) is 42.4 Å². The Labute approximate surface area is 193 Å². The Balaban J connectivity index is 1.34. The van der Waals surface area contributed by atoms with Crippen LogP contribution in [0.15, 0.2) is 97.2 Å². The molecule has 0 spiro atoms. The second-order valence-corrected chi connectivity index (χ2v) is 7.65. The highest BCUT2D eigenvalue weighted by Gasteiger charge is 2.13. The monoisotopic (exact) mass is 438 g/mol. The summed E-state index contributed by atoms with van der Waals surface area (Å²) in [7, 11) is 0. The predicted octanol–water partition coefficient (Wildman–Crippen LogP) is 4.37. The average Bonchev–Trinajstić information content (AvgIpc) is 3.31. The number of para-hydroxylation sites is 1. The topological polar surface area (TPSA) is 76.0 Å². The van der Waals surface area contributed by atoms with Crippen molar-refractivity contribution in [3.8, 4) is 16.9 Å². The molecule has 6 heteroatoms. The maximum Gasteiger partial charge on any atom is 0.251 e. The first-order chi connectivity index (χ1) is 16.2. The first-order valence-electron chi connectivity index (χ1n) is 11.0. The van der Waals surface area contributed by atoms with Gasteiger partial charge in [-0.1, -0.05) is 66.7 Å². The summed E-state index contributed by atoms with van der Waals surface area (Å²) in [6.45, 7) is 0.828. The van der Waals surface area contributed by atoms with Gasteiger partial charge in [0.1, 0.15) is 0 Å². The third-order valence-corrected chi connectivity index (χ3v) is 5.24. The number of amides is 2. The van der Waals surface area contributed by atoms with Gasteiger partial charge in [0.25, 0.3) is 5.91 Å². The van der Waals surface area contributed by atoms with Crippen molar-refractivity contribution in [3.63, 3.8) is 0 Å². The first kappa shape index (κ1) is 22.0. The summed E-state index contributed by atoms with van der Waals surface area (Å²) in [5.41, 5.74) is 4.36. The lowest BCUT2D eigenvalue weighted by Gasteiger charge is -2.07. The van der Waals surface area contributed by atoms with Gasteiger partial charge in [-0.15, -0.1) is 0 Å². The van der Waals surface area contributed by atoms with Crippen LogP contribution in [0.2, 0.25) is 0 Å². The Kier molecular flexibility index (Phi) is 7.28. The molecule has 0 aliphatic heterocycles. The molecular formula is C27H26N4O2. The van der Waals surface area contributed by atoms with Crippen molar-refractivity contribution >= 4 is 11.8 Å². The molecule has 3 aromatic carbocycles. The van der Waals surface area contributed by atoms with Gasteiger partial charge < -0.3 is 10.6 Å². The van der Waals surface area contributed by atoms with Crippen LogP contribution in [-0.2, 0) is 11.3 Å². The zero-order valence-corrected chi connectivity index (χ0v) is 18.3. The molecule has 0 aliphatic carbocycles. The number of nitrogens with zero attached hydrogens (tertiary/aromatic N) is 2. The summed E-state index contributed by atoms with van der Waals surface area (Å²) >= 11 is 0. The zero-order chi connectivity index (χ0) is 22.9. The Morgan fingerprint density at radius 1 is 0.788 bits per heavy atom. The number of nitrogens with one attached hydrogen (secondary N) is 2. The van der Waals surface area contributed by atoms with Crippen LogP contribution in [0.3, 0.4) is 0 Å². The quantitative estimate of drug-likeness (QED) is 0.381. The Morgan fingerprint density at radius 3 is 2.12 bits per heavy atom. The number of rotatable bonds is 9. The van der Waals surface area contributed by atoms with Crippen molar-refractivity contribution in [1.29, 1.82) is 0 Å². The van der Waals surface area contributed by atoms with E-state index in [0.29, 0.717) is 31.5 Å². The first-order valence-corrected chi connectivity index (χ1v) is 11.0. The zero-order valence-electron chi connectivity index (χ0n) is 18.3. The largest absolute Gasteiger partial charge is 0.352 e. The van der Waals surface area contributed by atoms with Gasteiger partial charge in [-0.3, -0.25) is 9.59 Å². The van der Waals surface area contributed by atoms with Gasteiger partial charge in [0.05, 0.1) is 11.4 Å². The van der Waals surface area contributed by atoms with E-state index in [-0.39, 0.29) is 11.8 Å². The molecule has 1 heterocycles.